The number of nitrogens with zero attached hydrogens (tertiary/aromatic N) is 5. The summed E-state index contributed by atoms with van der Waals surface area (Å²) < 4.78 is 13.7. The third-order valence-corrected chi connectivity index (χ3v) is 6.72. The molecule has 1 fully saturated rings. The first-order chi connectivity index (χ1) is 17.7. The number of anilines is 1. The third kappa shape index (κ3) is 4.39. The number of rotatable bonds is 3. The number of piperidine rings is 1. The van der Waals surface area contributed by atoms with Crippen molar-refractivity contribution in [3.8, 4) is 22.5 Å². The number of aromatic nitrogens is 5. The van der Waals surface area contributed by atoms with Gasteiger partial charge in [-0.15, -0.1) is 0 Å². The van der Waals surface area contributed by atoms with E-state index in [9.17, 15) is 4.79 Å². The molecule has 0 spiro atoms. The fourth-order valence-electron chi connectivity index (χ4n) is 4.83. The number of amides is 1. The minimum absolute atomic E-state index is 0.200. The summed E-state index contributed by atoms with van der Waals surface area (Å²) in [4.78, 5) is 18.6. The molecule has 5 aromatic rings. The number of nitrogens with two attached hydrogens (primary N) is 1. The average Bonchev–Trinajstić information content (AvgIpc) is 3.62. The molecule has 0 atom stereocenters. The smallest absolute Gasteiger partial charge is 0.410 e. The zero-order valence-corrected chi connectivity index (χ0v) is 21.1. The lowest BCUT2D eigenvalue weighted by atomic mass is 10.0. The number of ether oxygens (including phenoxy) is 1. The van der Waals surface area contributed by atoms with Crippen molar-refractivity contribution in [2.75, 3.05) is 18.8 Å². The van der Waals surface area contributed by atoms with Gasteiger partial charge in [0, 0.05) is 52.9 Å². The van der Waals surface area contributed by atoms with Gasteiger partial charge in [-0.05, 0) is 57.9 Å². The summed E-state index contributed by atoms with van der Waals surface area (Å²) in [6, 6.07) is 8.20. The Kier molecular flexibility index (Phi) is 5.40. The number of furan rings is 1. The van der Waals surface area contributed by atoms with Crippen LogP contribution in [-0.2, 0) is 4.74 Å². The lowest BCUT2D eigenvalue weighted by Gasteiger charge is -2.33. The minimum Gasteiger partial charge on any atom is -0.452 e. The summed E-state index contributed by atoms with van der Waals surface area (Å²) in [5, 5.41) is 13.6. The highest BCUT2D eigenvalue weighted by Crippen LogP contribution is 2.37. The second kappa shape index (κ2) is 8.65. The largest absolute Gasteiger partial charge is 0.452 e. The van der Waals surface area contributed by atoms with Gasteiger partial charge < -0.3 is 19.8 Å². The number of fused-ring (bicyclic) bond motifs is 2. The fourth-order valence-corrected chi connectivity index (χ4v) is 4.83. The van der Waals surface area contributed by atoms with Crippen LogP contribution in [0.4, 0.5) is 10.6 Å². The summed E-state index contributed by atoms with van der Waals surface area (Å²) in [5.74, 6) is 1.05. The van der Waals surface area contributed by atoms with E-state index in [4.69, 9.17) is 14.9 Å². The predicted molar refractivity (Wildman–Crippen MR) is 141 cm³/mol. The van der Waals surface area contributed by atoms with E-state index in [1.54, 1.807) is 17.3 Å². The van der Waals surface area contributed by atoms with Crippen LogP contribution in [0.1, 0.15) is 39.7 Å². The first-order valence-electron chi connectivity index (χ1n) is 12.4. The summed E-state index contributed by atoms with van der Waals surface area (Å²) in [7, 11) is 0. The number of nitrogens with one attached hydrogen (secondary N) is 1. The molecule has 10 heteroatoms. The van der Waals surface area contributed by atoms with E-state index in [0.717, 1.165) is 45.8 Å². The number of H-pyrrole nitrogens is 1. The number of aromatic amines is 1. The lowest BCUT2D eigenvalue weighted by molar-refractivity contribution is 0.0185. The van der Waals surface area contributed by atoms with Gasteiger partial charge in [-0.25, -0.2) is 9.78 Å². The Morgan fingerprint density at radius 2 is 1.95 bits per heavy atom. The van der Waals surface area contributed by atoms with Gasteiger partial charge >= 0.3 is 6.09 Å². The van der Waals surface area contributed by atoms with Crippen molar-refractivity contribution in [2.24, 2.45) is 0 Å². The van der Waals surface area contributed by atoms with Crippen LogP contribution in [0.15, 0.2) is 53.5 Å². The molecular weight excluding hydrogens is 470 g/mol. The number of carbonyl (C=O) groups excluding carboxylic acids is 1. The molecule has 4 aromatic heterocycles. The Hall–Kier alpha value is -4.34. The number of benzene rings is 1. The van der Waals surface area contributed by atoms with Crippen LogP contribution in [0.3, 0.4) is 0 Å². The van der Waals surface area contributed by atoms with Gasteiger partial charge in [0.2, 0.25) is 0 Å². The molecule has 6 rings (SSSR count). The maximum atomic E-state index is 12.4. The summed E-state index contributed by atoms with van der Waals surface area (Å²) >= 11 is 0. The van der Waals surface area contributed by atoms with E-state index in [2.05, 4.69) is 20.3 Å². The minimum atomic E-state index is -0.498. The molecule has 190 valence electrons. The van der Waals surface area contributed by atoms with Gasteiger partial charge in [-0.2, -0.15) is 10.2 Å². The van der Waals surface area contributed by atoms with Gasteiger partial charge in [0.15, 0.2) is 11.4 Å². The molecule has 37 heavy (non-hydrogen) atoms. The quantitative estimate of drug-likeness (QED) is 0.341. The monoisotopic (exact) mass is 499 g/mol. The number of likely N-dealkylation sites (tertiary alicyclic amines) is 1. The van der Waals surface area contributed by atoms with Gasteiger partial charge in [0.1, 0.15) is 11.4 Å². The highest BCUT2D eigenvalue weighted by atomic mass is 16.6. The number of pyridine rings is 1. The van der Waals surface area contributed by atoms with E-state index in [1.807, 2.05) is 62.1 Å². The Balaban J connectivity index is 1.25. The molecular formula is C27H29N7O3. The number of hydrogen-bond acceptors (Lipinski definition) is 7. The van der Waals surface area contributed by atoms with E-state index in [-0.39, 0.29) is 12.1 Å². The number of nitrogen functional groups attached to an aromatic ring is 1. The normalized spacial score (nSPS) is 15.1. The Morgan fingerprint density at radius 3 is 2.73 bits per heavy atom. The van der Waals surface area contributed by atoms with Gasteiger partial charge in [0.05, 0.1) is 24.0 Å². The molecule has 0 aliphatic carbocycles. The fraction of sp³-hybridized carbons (Fsp3) is 0.333. The van der Waals surface area contributed by atoms with Gasteiger partial charge in [0.25, 0.3) is 0 Å². The van der Waals surface area contributed by atoms with Gasteiger partial charge in [-0.3, -0.25) is 9.78 Å². The van der Waals surface area contributed by atoms with Crippen LogP contribution in [0.5, 0.6) is 0 Å². The molecule has 1 aromatic carbocycles. The molecule has 10 nitrogen and oxygen atoms in total. The van der Waals surface area contributed by atoms with E-state index in [0.29, 0.717) is 30.3 Å². The zero-order valence-electron chi connectivity index (χ0n) is 21.1. The summed E-state index contributed by atoms with van der Waals surface area (Å²) in [6.07, 6.45) is 8.79. The molecule has 0 saturated carbocycles. The van der Waals surface area contributed by atoms with Crippen LogP contribution in [0, 0.1) is 0 Å². The van der Waals surface area contributed by atoms with Crippen molar-refractivity contribution in [2.45, 2.75) is 45.3 Å². The van der Waals surface area contributed by atoms with Crippen LogP contribution < -0.4 is 5.73 Å². The number of hydrogen-bond donors (Lipinski definition) is 2. The van der Waals surface area contributed by atoms with Crippen molar-refractivity contribution in [3.63, 3.8) is 0 Å². The lowest BCUT2D eigenvalue weighted by Crippen LogP contribution is -2.42. The molecule has 1 saturated heterocycles. The standard InChI is InChI=1S/C27H29N7O3/c1-27(2,3)37-26(35)33-8-6-19(7-9-33)34-15-18(13-31-34)21-14-29-25(28)24-20(21)11-23(36-24)16-4-5-22-17(10-16)12-30-32-22/h4-5,10-15,19H,6-9H2,1-3H3,(H2,28,29)(H,30,32). The van der Waals surface area contributed by atoms with E-state index < -0.39 is 5.60 Å². The molecule has 0 unspecified atom stereocenters. The first kappa shape index (κ1) is 23.1. The zero-order chi connectivity index (χ0) is 25.7. The SMILES string of the molecule is CC(C)(C)OC(=O)N1CCC(n2cc(-c3cnc(N)c4oc(-c5ccc6[nH]ncc6c5)cc34)cn2)CC1. The molecule has 0 radical (unpaired) electrons. The molecule has 1 aliphatic heterocycles. The van der Waals surface area contributed by atoms with Crippen molar-refractivity contribution >= 4 is 33.8 Å². The summed E-state index contributed by atoms with van der Waals surface area (Å²) in [6.45, 7) is 6.91. The molecule has 3 N–H and O–H groups in total. The average molecular weight is 500 g/mol. The third-order valence-electron chi connectivity index (χ3n) is 6.72. The van der Waals surface area contributed by atoms with Crippen molar-refractivity contribution < 1.29 is 13.9 Å². The highest BCUT2D eigenvalue weighted by Gasteiger charge is 2.28. The van der Waals surface area contributed by atoms with Gasteiger partial charge in [-0.1, -0.05) is 0 Å². The predicted octanol–water partition coefficient (Wildman–Crippen LogP) is 5.39. The maximum Gasteiger partial charge on any atom is 0.410 e. The maximum absolute atomic E-state index is 12.4. The van der Waals surface area contributed by atoms with Crippen molar-refractivity contribution in [1.29, 1.82) is 0 Å². The Morgan fingerprint density at radius 1 is 1.14 bits per heavy atom. The molecule has 0 bridgehead atoms. The van der Waals surface area contributed by atoms with Crippen molar-refractivity contribution in [3.05, 3.63) is 49.1 Å². The van der Waals surface area contributed by atoms with Crippen molar-refractivity contribution in [1.82, 2.24) is 29.9 Å². The molecule has 1 aliphatic rings. The summed E-state index contributed by atoms with van der Waals surface area (Å²) in [5.41, 5.74) is 9.98. The van der Waals surface area contributed by atoms with Crippen LogP contribution in [-0.4, -0.2) is 54.6 Å². The molecule has 5 heterocycles. The van der Waals surface area contributed by atoms with Crippen LogP contribution >= 0.6 is 0 Å². The van der Waals surface area contributed by atoms with Crippen LogP contribution in [0.25, 0.3) is 44.3 Å². The Bertz CT molecular complexity index is 1600. The molecule has 1 amide bonds. The number of carbonyl (C=O) groups is 1. The second-order valence-electron chi connectivity index (χ2n) is 10.5. The van der Waals surface area contributed by atoms with E-state index >= 15 is 0 Å². The Labute approximate surface area is 213 Å². The highest BCUT2D eigenvalue weighted by molar-refractivity contribution is 6.00. The topological polar surface area (TPSA) is 128 Å². The van der Waals surface area contributed by atoms with E-state index in [1.165, 1.54) is 0 Å². The second-order valence-corrected chi connectivity index (χ2v) is 10.5. The van der Waals surface area contributed by atoms with Crippen LogP contribution in [0.2, 0.25) is 0 Å². The first-order valence-corrected chi connectivity index (χ1v) is 12.4.